The highest BCUT2D eigenvalue weighted by Gasteiger charge is 2.28. The van der Waals surface area contributed by atoms with Gasteiger partial charge in [0.1, 0.15) is 0 Å². The van der Waals surface area contributed by atoms with E-state index in [0.717, 1.165) is 36.9 Å². The predicted molar refractivity (Wildman–Crippen MR) is 97.7 cm³/mol. The van der Waals surface area contributed by atoms with E-state index in [-0.39, 0.29) is 18.1 Å². The lowest BCUT2D eigenvalue weighted by Gasteiger charge is -2.30. The minimum absolute atomic E-state index is 0.0565. The summed E-state index contributed by atoms with van der Waals surface area (Å²) in [5.41, 5.74) is 1.84. The summed E-state index contributed by atoms with van der Waals surface area (Å²) in [6.07, 6.45) is 3.56. The van der Waals surface area contributed by atoms with Crippen LogP contribution in [0.15, 0.2) is 24.3 Å². The number of fused-ring (bicyclic) bond motifs is 1. The maximum Gasteiger partial charge on any atom is 0.235 e. The van der Waals surface area contributed by atoms with E-state index in [1.54, 1.807) is 4.90 Å². The number of rotatable bonds is 8. The summed E-state index contributed by atoms with van der Waals surface area (Å²) in [6.45, 7) is 5.94. The molecule has 1 heterocycles. The number of anilines is 1. The molecule has 5 nitrogen and oxygen atoms in total. The molecule has 0 aliphatic carbocycles. The van der Waals surface area contributed by atoms with Crippen LogP contribution in [0.5, 0.6) is 0 Å². The fourth-order valence-electron chi connectivity index (χ4n) is 3.17. The Balaban J connectivity index is 2.05. The number of aryl methyl sites for hydroxylation is 1. The lowest BCUT2D eigenvalue weighted by atomic mass is 10.0. The van der Waals surface area contributed by atoms with Crippen LogP contribution in [0.4, 0.5) is 5.69 Å². The van der Waals surface area contributed by atoms with Gasteiger partial charge in [-0.15, -0.1) is 0 Å². The number of carbonyl (C=O) groups is 1. The third-order valence-electron chi connectivity index (χ3n) is 4.32. The summed E-state index contributed by atoms with van der Waals surface area (Å²) in [4.78, 5) is 14.1. The first kappa shape index (κ1) is 18.8. The van der Waals surface area contributed by atoms with Gasteiger partial charge in [0.2, 0.25) is 15.9 Å². The summed E-state index contributed by atoms with van der Waals surface area (Å²) >= 11 is 0. The zero-order chi connectivity index (χ0) is 17.6. The van der Waals surface area contributed by atoms with Crippen molar-refractivity contribution in [3.05, 3.63) is 29.8 Å². The molecular formula is C18H28N2O3S. The number of sulfonamides is 1. The lowest BCUT2D eigenvalue weighted by molar-refractivity contribution is -0.130. The van der Waals surface area contributed by atoms with E-state index in [4.69, 9.17) is 0 Å². The number of nitrogens with zero attached hydrogens (tertiary/aromatic N) is 2. The van der Waals surface area contributed by atoms with Crippen LogP contribution in [0.1, 0.15) is 45.1 Å². The second kappa shape index (κ2) is 8.51. The van der Waals surface area contributed by atoms with Crippen molar-refractivity contribution in [2.45, 2.75) is 46.0 Å². The van der Waals surface area contributed by atoms with Crippen LogP contribution in [0.25, 0.3) is 0 Å². The number of hydrogen-bond acceptors (Lipinski definition) is 3. The molecule has 1 aliphatic heterocycles. The monoisotopic (exact) mass is 352 g/mol. The first-order valence-electron chi connectivity index (χ1n) is 8.85. The average Bonchev–Trinajstić information content (AvgIpc) is 2.59. The molecule has 0 saturated heterocycles. The summed E-state index contributed by atoms with van der Waals surface area (Å²) < 4.78 is 27.0. The van der Waals surface area contributed by atoms with Gasteiger partial charge in [0.25, 0.3) is 0 Å². The van der Waals surface area contributed by atoms with Crippen LogP contribution in [-0.2, 0) is 21.2 Å². The highest BCUT2D eigenvalue weighted by Crippen LogP contribution is 2.29. The van der Waals surface area contributed by atoms with Crippen LogP contribution >= 0.6 is 0 Å². The second-order valence-corrected chi connectivity index (χ2v) is 8.26. The molecule has 0 N–H and O–H groups in total. The van der Waals surface area contributed by atoms with E-state index in [2.05, 4.69) is 0 Å². The van der Waals surface area contributed by atoms with E-state index in [1.807, 2.05) is 38.1 Å². The molecule has 0 aromatic heterocycles. The molecule has 0 saturated carbocycles. The molecule has 0 unspecified atom stereocenters. The molecule has 0 fully saturated rings. The Hall–Kier alpha value is -1.56. The van der Waals surface area contributed by atoms with Crippen molar-refractivity contribution in [2.75, 3.05) is 29.7 Å². The molecular weight excluding hydrogens is 324 g/mol. The lowest BCUT2D eigenvalue weighted by Crippen LogP contribution is -2.39. The van der Waals surface area contributed by atoms with Gasteiger partial charge in [0, 0.05) is 26.1 Å². The molecule has 1 aromatic carbocycles. The van der Waals surface area contributed by atoms with Gasteiger partial charge in [0.05, 0.1) is 11.4 Å². The standard InChI is InChI=1S/C18H28N2O3S/c1-3-12-19(13-4-2)18(21)11-15-24(22,23)20-14-7-9-16-8-5-6-10-17(16)20/h5-6,8,10H,3-4,7,9,11-15H2,1-2H3. The first-order chi connectivity index (χ1) is 11.5. The summed E-state index contributed by atoms with van der Waals surface area (Å²) in [5, 5.41) is 0. The minimum Gasteiger partial charge on any atom is -0.343 e. The molecule has 134 valence electrons. The van der Waals surface area contributed by atoms with Gasteiger partial charge in [-0.3, -0.25) is 9.10 Å². The highest BCUT2D eigenvalue weighted by molar-refractivity contribution is 7.92. The van der Waals surface area contributed by atoms with Crippen LogP contribution in [0.3, 0.4) is 0 Å². The normalized spacial score (nSPS) is 14.3. The number of hydrogen-bond donors (Lipinski definition) is 0. The van der Waals surface area contributed by atoms with E-state index in [0.29, 0.717) is 19.6 Å². The third kappa shape index (κ3) is 4.50. The van der Waals surface area contributed by atoms with Crippen molar-refractivity contribution in [2.24, 2.45) is 0 Å². The van der Waals surface area contributed by atoms with Gasteiger partial charge < -0.3 is 4.90 Å². The molecule has 0 radical (unpaired) electrons. The zero-order valence-electron chi connectivity index (χ0n) is 14.7. The molecule has 24 heavy (non-hydrogen) atoms. The van der Waals surface area contributed by atoms with Crippen LogP contribution in [0, 0.1) is 0 Å². The molecule has 0 bridgehead atoms. The summed E-state index contributed by atoms with van der Waals surface area (Å²) in [6, 6.07) is 7.63. The third-order valence-corrected chi connectivity index (χ3v) is 6.09. The van der Waals surface area contributed by atoms with Gasteiger partial charge in [-0.2, -0.15) is 0 Å². The van der Waals surface area contributed by atoms with Crippen molar-refractivity contribution in [1.82, 2.24) is 4.90 Å². The molecule has 6 heteroatoms. The molecule has 1 aromatic rings. The van der Waals surface area contributed by atoms with Crippen molar-refractivity contribution in [3.8, 4) is 0 Å². The van der Waals surface area contributed by atoms with E-state index in [1.165, 1.54) is 4.31 Å². The van der Waals surface area contributed by atoms with Crippen molar-refractivity contribution >= 4 is 21.6 Å². The van der Waals surface area contributed by atoms with E-state index >= 15 is 0 Å². The number of para-hydroxylation sites is 1. The Morgan fingerprint density at radius 1 is 1.17 bits per heavy atom. The maximum atomic E-state index is 12.7. The van der Waals surface area contributed by atoms with Gasteiger partial charge in [-0.25, -0.2) is 8.42 Å². The Labute approximate surface area is 145 Å². The largest absolute Gasteiger partial charge is 0.343 e. The molecule has 1 aliphatic rings. The van der Waals surface area contributed by atoms with E-state index in [9.17, 15) is 13.2 Å². The smallest absolute Gasteiger partial charge is 0.235 e. The molecule has 0 spiro atoms. The quantitative estimate of drug-likeness (QED) is 0.723. The minimum atomic E-state index is -3.47. The SMILES string of the molecule is CCCN(CCC)C(=O)CCS(=O)(=O)N1CCCc2ccccc21. The van der Waals surface area contributed by atoms with E-state index < -0.39 is 10.0 Å². The fraction of sp³-hybridized carbons (Fsp3) is 0.611. The second-order valence-electron chi connectivity index (χ2n) is 6.25. The van der Waals surface area contributed by atoms with Gasteiger partial charge in [-0.05, 0) is 37.3 Å². The Kier molecular flexibility index (Phi) is 6.66. The average molecular weight is 353 g/mol. The number of carbonyl (C=O) groups excluding carboxylic acids is 1. The van der Waals surface area contributed by atoms with Crippen LogP contribution < -0.4 is 4.31 Å². The van der Waals surface area contributed by atoms with Crippen LogP contribution in [0.2, 0.25) is 0 Å². The number of benzene rings is 1. The molecule has 1 amide bonds. The van der Waals surface area contributed by atoms with Gasteiger partial charge in [0.15, 0.2) is 0 Å². The van der Waals surface area contributed by atoms with Crippen molar-refractivity contribution < 1.29 is 13.2 Å². The maximum absolute atomic E-state index is 12.7. The zero-order valence-corrected chi connectivity index (χ0v) is 15.5. The first-order valence-corrected chi connectivity index (χ1v) is 10.5. The van der Waals surface area contributed by atoms with Crippen molar-refractivity contribution in [1.29, 1.82) is 0 Å². The Morgan fingerprint density at radius 3 is 2.50 bits per heavy atom. The predicted octanol–water partition coefficient (Wildman–Crippen LogP) is 2.81. The number of amides is 1. The Bertz CT molecular complexity index is 652. The highest BCUT2D eigenvalue weighted by atomic mass is 32.2. The summed E-state index contributed by atoms with van der Waals surface area (Å²) in [7, 11) is -3.47. The molecule has 2 rings (SSSR count). The van der Waals surface area contributed by atoms with Gasteiger partial charge in [-0.1, -0.05) is 32.0 Å². The summed E-state index contributed by atoms with van der Waals surface area (Å²) in [5.74, 6) is -0.183. The Morgan fingerprint density at radius 2 is 1.83 bits per heavy atom. The fourth-order valence-corrected chi connectivity index (χ4v) is 4.71. The van der Waals surface area contributed by atoms with Crippen molar-refractivity contribution in [3.63, 3.8) is 0 Å². The van der Waals surface area contributed by atoms with Crippen LogP contribution in [-0.4, -0.2) is 44.6 Å². The van der Waals surface area contributed by atoms with Gasteiger partial charge >= 0.3 is 0 Å². The topological polar surface area (TPSA) is 57.7 Å². The molecule has 0 atom stereocenters.